The van der Waals surface area contributed by atoms with Crippen LogP contribution in [0.1, 0.15) is 32.6 Å². The molecule has 0 spiro atoms. The van der Waals surface area contributed by atoms with E-state index in [1.54, 1.807) is 17.0 Å². The lowest BCUT2D eigenvalue weighted by Gasteiger charge is -2.30. The fourth-order valence-electron chi connectivity index (χ4n) is 4.46. The number of fused-ring (bicyclic) bond motifs is 2. The third kappa shape index (κ3) is 3.75. The summed E-state index contributed by atoms with van der Waals surface area (Å²) in [4.78, 5) is 29.5. The van der Waals surface area contributed by atoms with Crippen molar-refractivity contribution in [3.63, 3.8) is 0 Å². The molecule has 7 heteroatoms. The third-order valence-corrected chi connectivity index (χ3v) is 6.11. The fraction of sp³-hybridized carbons (Fsp3) is 0.231. The first-order chi connectivity index (χ1) is 15.9. The molecule has 0 saturated heterocycles. The first-order valence-corrected chi connectivity index (χ1v) is 10.9. The maximum absolute atomic E-state index is 13.6. The largest absolute Gasteiger partial charge is 0.346 e. The van der Waals surface area contributed by atoms with Crippen LogP contribution in [-0.4, -0.2) is 46.4 Å². The number of carbonyl (C=O) groups excluding carboxylic acids is 1. The molecule has 1 aromatic carbocycles. The van der Waals surface area contributed by atoms with Crippen LogP contribution in [0.15, 0.2) is 48.9 Å². The van der Waals surface area contributed by atoms with Crippen LogP contribution in [0.25, 0.3) is 22.2 Å². The molecular weight excluding hydrogens is 412 g/mol. The van der Waals surface area contributed by atoms with E-state index in [0.717, 1.165) is 51.8 Å². The number of aromatic nitrogens is 3. The molecule has 0 aliphatic carbocycles. The second-order valence-electron chi connectivity index (χ2n) is 8.71. The molecule has 0 fully saturated rings. The average Bonchev–Trinajstić information content (AvgIpc) is 3.19. The highest BCUT2D eigenvalue weighted by atomic mass is 16.2. The molecule has 1 aliphatic rings. The van der Waals surface area contributed by atoms with Crippen molar-refractivity contribution >= 4 is 22.8 Å². The van der Waals surface area contributed by atoms with Crippen LogP contribution in [0.2, 0.25) is 0 Å². The lowest BCUT2D eigenvalue weighted by molar-refractivity contribution is 0.0979. The summed E-state index contributed by atoms with van der Waals surface area (Å²) in [6.07, 6.45) is 6.07. The maximum atomic E-state index is 13.6. The van der Waals surface area contributed by atoms with Crippen LogP contribution in [-0.2, 0) is 13.0 Å². The number of nitrogens with zero attached hydrogens (tertiary/aromatic N) is 5. The number of anilines is 1. The lowest BCUT2D eigenvalue weighted by atomic mass is 9.89. The van der Waals surface area contributed by atoms with Crippen molar-refractivity contribution in [1.29, 1.82) is 5.26 Å². The number of aromatic amines is 1. The SMILES string of the molecule is Cc1c[nH]c2ncc(-c3cc(CN(C)C)c4c(c3)C(=O)N(c3ccc(C#N)cn3)CC4)cc12. The molecule has 1 amide bonds. The summed E-state index contributed by atoms with van der Waals surface area (Å²) in [5, 5.41) is 10.1. The van der Waals surface area contributed by atoms with E-state index in [2.05, 4.69) is 45.0 Å². The van der Waals surface area contributed by atoms with Gasteiger partial charge < -0.3 is 9.88 Å². The van der Waals surface area contributed by atoms with E-state index in [1.165, 1.54) is 6.20 Å². The maximum Gasteiger partial charge on any atom is 0.259 e. The van der Waals surface area contributed by atoms with Crippen LogP contribution in [0.3, 0.4) is 0 Å². The van der Waals surface area contributed by atoms with Crippen molar-refractivity contribution in [3.8, 4) is 17.2 Å². The van der Waals surface area contributed by atoms with Gasteiger partial charge >= 0.3 is 0 Å². The highest BCUT2D eigenvalue weighted by molar-refractivity contribution is 6.08. The minimum absolute atomic E-state index is 0.0674. The Morgan fingerprint density at radius 1 is 1.15 bits per heavy atom. The van der Waals surface area contributed by atoms with Gasteiger partial charge in [0, 0.05) is 48.2 Å². The van der Waals surface area contributed by atoms with E-state index in [9.17, 15) is 4.79 Å². The van der Waals surface area contributed by atoms with Gasteiger partial charge in [0.15, 0.2) is 0 Å². The summed E-state index contributed by atoms with van der Waals surface area (Å²) in [7, 11) is 4.07. The van der Waals surface area contributed by atoms with Crippen molar-refractivity contribution in [3.05, 3.63) is 76.7 Å². The number of pyridine rings is 2. The molecule has 7 nitrogen and oxygen atoms in total. The van der Waals surface area contributed by atoms with Gasteiger partial charge in [-0.3, -0.25) is 9.69 Å². The van der Waals surface area contributed by atoms with Crippen molar-refractivity contribution in [2.24, 2.45) is 0 Å². The fourth-order valence-corrected chi connectivity index (χ4v) is 4.46. The van der Waals surface area contributed by atoms with Crippen molar-refractivity contribution in [2.45, 2.75) is 19.9 Å². The van der Waals surface area contributed by atoms with Gasteiger partial charge in [-0.15, -0.1) is 0 Å². The first kappa shape index (κ1) is 20.9. The van der Waals surface area contributed by atoms with Crippen LogP contribution in [0.5, 0.6) is 0 Å². The van der Waals surface area contributed by atoms with Gasteiger partial charge in [0.2, 0.25) is 0 Å². The number of nitriles is 1. The van der Waals surface area contributed by atoms with Crippen molar-refractivity contribution in [1.82, 2.24) is 19.9 Å². The molecule has 33 heavy (non-hydrogen) atoms. The topological polar surface area (TPSA) is 88.9 Å². The predicted octanol–water partition coefficient (Wildman–Crippen LogP) is 4.07. The monoisotopic (exact) mass is 436 g/mol. The molecule has 0 unspecified atom stereocenters. The van der Waals surface area contributed by atoms with Crippen LogP contribution in [0, 0.1) is 18.3 Å². The number of rotatable bonds is 4. The van der Waals surface area contributed by atoms with Gasteiger partial charge in [-0.2, -0.15) is 5.26 Å². The molecule has 4 heterocycles. The van der Waals surface area contributed by atoms with Gasteiger partial charge in [-0.05, 0) is 80.0 Å². The highest BCUT2D eigenvalue weighted by Crippen LogP contribution is 2.33. The van der Waals surface area contributed by atoms with Crippen molar-refractivity contribution in [2.75, 3.05) is 25.5 Å². The Morgan fingerprint density at radius 3 is 2.73 bits per heavy atom. The van der Waals surface area contributed by atoms with Gasteiger partial charge in [-0.25, -0.2) is 9.97 Å². The zero-order valence-corrected chi connectivity index (χ0v) is 18.9. The molecule has 4 aromatic rings. The van der Waals surface area contributed by atoms with Crippen LogP contribution in [0.4, 0.5) is 5.82 Å². The van der Waals surface area contributed by atoms with Crippen LogP contribution < -0.4 is 4.90 Å². The number of carbonyl (C=O) groups is 1. The Kier molecular flexibility index (Phi) is 5.15. The van der Waals surface area contributed by atoms with Gasteiger partial charge in [0.05, 0.1) is 5.56 Å². The summed E-state index contributed by atoms with van der Waals surface area (Å²) in [6, 6.07) is 11.8. The molecule has 3 aromatic heterocycles. The molecule has 0 saturated carbocycles. The Morgan fingerprint density at radius 2 is 2.00 bits per heavy atom. The lowest BCUT2D eigenvalue weighted by Crippen LogP contribution is -2.39. The normalized spacial score (nSPS) is 13.4. The predicted molar refractivity (Wildman–Crippen MR) is 128 cm³/mol. The molecule has 1 N–H and O–H groups in total. The van der Waals surface area contributed by atoms with E-state index in [0.29, 0.717) is 23.5 Å². The van der Waals surface area contributed by atoms with E-state index < -0.39 is 0 Å². The van der Waals surface area contributed by atoms with Gasteiger partial charge in [0.1, 0.15) is 17.5 Å². The smallest absolute Gasteiger partial charge is 0.259 e. The number of nitrogens with one attached hydrogen (secondary N) is 1. The summed E-state index contributed by atoms with van der Waals surface area (Å²) >= 11 is 0. The Bertz CT molecular complexity index is 1410. The number of hydrogen-bond acceptors (Lipinski definition) is 5. The molecule has 5 rings (SSSR count). The Hall–Kier alpha value is -4.02. The molecule has 0 atom stereocenters. The van der Waals surface area contributed by atoms with Crippen molar-refractivity contribution < 1.29 is 4.79 Å². The summed E-state index contributed by atoms with van der Waals surface area (Å²) < 4.78 is 0. The molecule has 164 valence electrons. The second-order valence-corrected chi connectivity index (χ2v) is 8.71. The minimum Gasteiger partial charge on any atom is -0.346 e. The Labute approximate surface area is 192 Å². The first-order valence-electron chi connectivity index (χ1n) is 10.9. The highest BCUT2D eigenvalue weighted by Gasteiger charge is 2.29. The zero-order chi connectivity index (χ0) is 23.1. The Balaban J connectivity index is 1.61. The quantitative estimate of drug-likeness (QED) is 0.521. The number of aryl methyl sites for hydroxylation is 1. The number of benzene rings is 1. The average molecular weight is 437 g/mol. The molecular formula is C26H24N6O. The van der Waals surface area contributed by atoms with Gasteiger partial charge in [-0.1, -0.05) is 0 Å². The van der Waals surface area contributed by atoms with E-state index in [4.69, 9.17) is 5.26 Å². The molecule has 1 aliphatic heterocycles. The number of amides is 1. The molecule has 0 bridgehead atoms. The summed E-state index contributed by atoms with van der Waals surface area (Å²) in [5.74, 6) is 0.498. The zero-order valence-electron chi connectivity index (χ0n) is 18.9. The van der Waals surface area contributed by atoms with Crippen LogP contribution >= 0.6 is 0 Å². The standard InChI is InChI=1S/C26H24N6O/c1-16-12-29-25-22(16)10-19(14-30-25)18-8-20(15-31(2)3)21-6-7-32(26(33)23(21)9-18)24-5-4-17(11-27)13-28-24/h4-5,8-10,12-14H,6-7,15H2,1-3H3,(H,29,30). The van der Waals surface area contributed by atoms with E-state index in [-0.39, 0.29) is 5.91 Å². The number of hydrogen-bond donors (Lipinski definition) is 1. The second kappa shape index (κ2) is 8.15. The summed E-state index contributed by atoms with van der Waals surface area (Å²) in [5.41, 5.74) is 7.37. The van der Waals surface area contributed by atoms with Gasteiger partial charge in [0.25, 0.3) is 5.91 Å². The minimum atomic E-state index is -0.0674. The molecule has 0 radical (unpaired) electrons. The van der Waals surface area contributed by atoms with E-state index >= 15 is 0 Å². The summed E-state index contributed by atoms with van der Waals surface area (Å²) in [6.45, 7) is 3.36. The number of H-pyrrole nitrogens is 1. The third-order valence-electron chi connectivity index (χ3n) is 6.11. The van der Waals surface area contributed by atoms with E-state index in [1.807, 2.05) is 32.6 Å².